The van der Waals surface area contributed by atoms with E-state index in [0.717, 1.165) is 31.7 Å². The number of nitrogens with zero attached hydrogens (tertiary/aromatic N) is 1. The summed E-state index contributed by atoms with van der Waals surface area (Å²) in [7, 11) is -1.17. The largest absolute Gasteiger partial charge is 0.333 e. The molecule has 0 aliphatic heterocycles. The van der Waals surface area contributed by atoms with Gasteiger partial charge in [-0.2, -0.15) is 0 Å². The van der Waals surface area contributed by atoms with E-state index in [1.165, 1.54) is 0 Å². The summed E-state index contributed by atoms with van der Waals surface area (Å²) in [5.41, 5.74) is 1.79. The van der Waals surface area contributed by atoms with Crippen molar-refractivity contribution in [2.75, 3.05) is 5.75 Å². The molecule has 21 heavy (non-hydrogen) atoms. The molecule has 0 bridgehead atoms. The highest BCUT2D eigenvalue weighted by atomic mass is 32.2. The maximum absolute atomic E-state index is 12.5. The molecular weight excluding hydrogens is 300 g/mol. The Morgan fingerprint density at radius 1 is 1.19 bits per heavy atom. The highest BCUT2D eigenvalue weighted by molar-refractivity contribution is 7.99. The Labute approximate surface area is 130 Å². The van der Waals surface area contributed by atoms with Crippen LogP contribution in [0.25, 0.3) is 11.0 Å². The Morgan fingerprint density at radius 2 is 2.00 bits per heavy atom. The number of H-pyrrole nitrogens is 1. The number of fused-ring (bicyclic) bond motifs is 1. The van der Waals surface area contributed by atoms with E-state index >= 15 is 0 Å². The highest BCUT2D eigenvalue weighted by Crippen LogP contribution is 2.23. The molecule has 1 N–H and O–H groups in total. The Hall–Kier alpha value is -1.85. The molecule has 0 amide bonds. The van der Waals surface area contributed by atoms with E-state index < -0.39 is 10.8 Å². The molecule has 0 saturated heterocycles. The second kappa shape index (κ2) is 6.28. The zero-order chi connectivity index (χ0) is 14.7. The van der Waals surface area contributed by atoms with Gasteiger partial charge in [0.1, 0.15) is 0 Å². The molecule has 1 heterocycles. The summed E-state index contributed by atoms with van der Waals surface area (Å²) >= 11 is 1.60. The minimum Gasteiger partial charge on any atom is -0.333 e. The van der Waals surface area contributed by atoms with Crippen molar-refractivity contribution in [2.45, 2.75) is 14.9 Å². The van der Waals surface area contributed by atoms with Gasteiger partial charge in [0.15, 0.2) is 5.16 Å². The molecular formula is C16H14N2OS2. The van der Waals surface area contributed by atoms with Crippen molar-refractivity contribution in [1.82, 2.24) is 9.97 Å². The lowest BCUT2D eigenvalue weighted by Crippen LogP contribution is -1.92. The monoisotopic (exact) mass is 314 g/mol. The van der Waals surface area contributed by atoms with Gasteiger partial charge in [0.25, 0.3) is 0 Å². The molecule has 0 spiro atoms. The van der Waals surface area contributed by atoms with Crippen LogP contribution in [0.2, 0.25) is 0 Å². The molecule has 0 aliphatic carbocycles. The number of benzene rings is 2. The first kappa shape index (κ1) is 14.1. The van der Waals surface area contributed by atoms with Crippen LogP contribution in [-0.2, 0) is 10.8 Å². The van der Waals surface area contributed by atoms with Crippen molar-refractivity contribution in [1.29, 1.82) is 0 Å². The first-order valence-electron chi connectivity index (χ1n) is 6.48. The number of thioether (sulfide) groups is 1. The van der Waals surface area contributed by atoms with E-state index in [0.29, 0.717) is 0 Å². The van der Waals surface area contributed by atoms with Crippen LogP contribution in [0.15, 0.2) is 76.1 Å². The standard InChI is InChI=1S/C16H14N2OS2/c1-2-10-20-16-17-14-9-8-13(11-15(14)18-16)21(19)12-6-4-3-5-7-12/h2-9,11H,1,10H2,(H,17,18). The Morgan fingerprint density at radius 3 is 2.76 bits per heavy atom. The van der Waals surface area contributed by atoms with E-state index in [9.17, 15) is 4.21 Å². The molecule has 3 rings (SSSR count). The predicted molar refractivity (Wildman–Crippen MR) is 88.1 cm³/mol. The number of aromatic amines is 1. The van der Waals surface area contributed by atoms with Crippen molar-refractivity contribution in [3.63, 3.8) is 0 Å². The third-order valence-electron chi connectivity index (χ3n) is 2.94. The molecule has 1 aromatic heterocycles. The van der Waals surface area contributed by atoms with Gasteiger partial charge < -0.3 is 4.98 Å². The molecule has 0 fully saturated rings. The molecule has 2 aromatic carbocycles. The molecule has 5 heteroatoms. The smallest absolute Gasteiger partial charge is 0.166 e. The summed E-state index contributed by atoms with van der Waals surface area (Å²) < 4.78 is 12.5. The fraction of sp³-hybridized carbons (Fsp3) is 0.0625. The van der Waals surface area contributed by atoms with Gasteiger partial charge in [-0.15, -0.1) is 6.58 Å². The Kier molecular flexibility index (Phi) is 4.22. The van der Waals surface area contributed by atoms with Crippen LogP contribution in [0.4, 0.5) is 0 Å². The summed E-state index contributed by atoms with van der Waals surface area (Å²) in [4.78, 5) is 9.31. The molecule has 1 atom stereocenters. The Balaban J connectivity index is 1.93. The maximum atomic E-state index is 12.5. The highest BCUT2D eigenvalue weighted by Gasteiger charge is 2.09. The van der Waals surface area contributed by atoms with Crippen LogP contribution >= 0.6 is 11.8 Å². The topological polar surface area (TPSA) is 45.8 Å². The van der Waals surface area contributed by atoms with Crippen molar-refractivity contribution >= 4 is 33.6 Å². The van der Waals surface area contributed by atoms with Crippen LogP contribution in [0.1, 0.15) is 0 Å². The normalized spacial score (nSPS) is 12.4. The maximum Gasteiger partial charge on any atom is 0.166 e. The number of rotatable bonds is 5. The van der Waals surface area contributed by atoms with Crippen LogP contribution in [0.5, 0.6) is 0 Å². The zero-order valence-electron chi connectivity index (χ0n) is 11.3. The molecule has 0 aliphatic rings. The van der Waals surface area contributed by atoms with E-state index in [4.69, 9.17) is 0 Å². The first-order valence-corrected chi connectivity index (χ1v) is 8.62. The predicted octanol–water partition coefficient (Wildman–Crippen LogP) is 4.01. The van der Waals surface area contributed by atoms with Crippen molar-refractivity contribution in [3.8, 4) is 0 Å². The van der Waals surface area contributed by atoms with Gasteiger partial charge >= 0.3 is 0 Å². The minimum absolute atomic E-state index is 0.776. The van der Waals surface area contributed by atoms with Crippen molar-refractivity contribution < 1.29 is 4.21 Å². The van der Waals surface area contributed by atoms with Gasteiger partial charge in [0, 0.05) is 15.5 Å². The minimum atomic E-state index is -1.17. The average molecular weight is 314 g/mol. The van der Waals surface area contributed by atoms with E-state index in [2.05, 4.69) is 16.5 Å². The van der Waals surface area contributed by atoms with Crippen LogP contribution in [0, 0.1) is 0 Å². The summed E-state index contributed by atoms with van der Waals surface area (Å²) in [6.07, 6.45) is 1.84. The molecule has 106 valence electrons. The SMILES string of the molecule is C=CCSc1nc2ccc(S(=O)c3ccccc3)cc2[nH]1. The number of hydrogen-bond acceptors (Lipinski definition) is 3. The zero-order valence-corrected chi connectivity index (χ0v) is 12.9. The lowest BCUT2D eigenvalue weighted by molar-refractivity contribution is 0.683. The van der Waals surface area contributed by atoms with Crippen LogP contribution in [0.3, 0.4) is 0 Å². The average Bonchev–Trinajstić information content (AvgIpc) is 2.95. The fourth-order valence-corrected chi connectivity index (χ4v) is 3.68. The van der Waals surface area contributed by atoms with Gasteiger partial charge in [-0.1, -0.05) is 36.0 Å². The van der Waals surface area contributed by atoms with Gasteiger partial charge in [-0.3, -0.25) is 0 Å². The van der Waals surface area contributed by atoms with E-state index in [1.807, 2.05) is 54.6 Å². The fourth-order valence-electron chi connectivity index (χ4n) is 1.97. The molecule has 3 aromatic rings. The molecule has 0 saturated carbocycles. The number of hydrogen-bond donors (Lipinski definition) is 1. The van der Waals surface area contributed by atoms with Crippen molar-refractivity contribution in [3.05, 3.63) is 61.2 Å². The molecule has 0 radical (unpaired) electrons. The molecule has 1 unspecified atom stereocenters. The third kappa shape index (κ3) is 3.09. The van der Waals surface area contributed by atoms with Gasteiger partial charge in [0.2, 0.25) is 0 Å². The quantitative estimate of drug-likeness (QED) is 0.572. The number of nitrogens with one attached hydrogen (secondary N) is 1. The summed E-state index contributed by atoms with van der Waals surface area (Å²) in [5, 5.41) is 0.854. The Bertz CT molecular complexity index is 796. The summed E-state index contributed by atoms with van der Waals surface area (Å²) in [5.74, 6) is 0.808. The summed E-state index contributed by atoms with van der Waals surface area (Å²) in [6.45, 7) is 3.70. The second-order valence-corrected chi connectivity index (χ2v) is 6.89. The van der Waals surface area contributed by atoms with E-state index in [-0.39, 0.29) is 0 Å². The summed E-state index contributed by atoms with van der Waals surface area (Å²) in [6, 6.07) is 15.1. The number of imidazole rings is 1. The van der Waals surface area contributed by atoms with Gasteiger partial charge in [-0.05, 0) is 30.3 Å². The lowest BCUT2D eigenvalue weighted by Gasteiger charge is -2.01. The van der Waals surface area contributed by atoms with Gasteiger partial charge in [0.05, 0.1) is 21.8 Å². The lowest BCUT2D eigenvalue weighted by atomic mass is 10.3. The van der Waals surface area contributed by atoms with Crippen molar-refractivity contribution in [2.24, 2.45) is 0 Å². The second-order valence-electron chi connectivity index (χ2n) is 4.40. The molecule has 3 nitrogen and oxygen atoms in total. The van der Waals surface area contributed by atoms with Crippen LogP contribution in [-0.4, -0.2) is 19.9 Å². The third-order valence-corrected chi connectivity index (χ3v) is 5.19. The van der Waals surface area contributed by atoms with Crippen LogP contribution < -0.4 is 0 Å². The number of aromatic nitrogens is 2. The van der Waals surface area contributed by atoms with E-state index in [1.54, 1.807) is 11.8 Å². The first-order chi connectivity index (χ1) is 10.3. The van der Waals surface area contributed by atoms with Gasteiger partial charge in [-0.25, -0.2) is 9.19 Å².